The van der Waals surface area contributed by atoms with E-state index in [9.17, 15) is 9.59 Å². The number of carbonyl (C=O) groups excluding carboxylic acids is 2. The van der Waals surface area contributed by atoms with Gasteiger partial charge in [0.05, 0.1) is 19.9 Å². The molecule has 0 spiro atoms. The number of hydrazone groups is 1. The van der Waals surface area contributed by atoms with E-state index >= 15 is 0 Å². The molecule has 192 valence electrons. The number of nitrogens with zero attached hydrogens (tertiary/aromatic N) is 1. The highest BCUT2D eigenvalue weighted by atomic mass is 16.6. The molecule has 0 aliphatic heterocycles. The zero-order chi connectivity index (χ0) is 26.3. The molecule has 8 nitrogen and oxygen atoms in total. The number of nitrogens with one attached hydrogen (secondary N) is 1. The number of amides is 1. The second kappa shape index (κ2) is 14.7. The van der Waals surface area contributed by atoms with Gasteiger partial charge in [-0.05, 0) is 66.1 Å². The summed E-state index contributed by atoms with van der Waals surface area (Å²) >= 11 is 0. The lowest BCUT2D eigenvalue weighted by Crippen LogP contribution is -2.24. The summed E-state index contributed by atoms with van der Waals surface area (Å²) < 4.78 is 21.8. The molecule has 0 saturated heterocycles. The fourth-order valence-electron chi connectivity index (χ4n) is 3.05. The summed E-state index contributed by atoms with van der Waals surface area (Å²) in [5, 5.41) is 3.94. The monoisotopic (exact) mass is 502 g/mol. The first-order chi connectivity index (χ1) is 18.1. The maximum Gasteiger partial charge on any atom is 0.336 e. The number of hydrogen-bond acceptors (Lipinski definition) is 7. The van der Waals surface area contributed by atoms with Gasteiger partial charge in [-0.25, -0.2) is 10.2 Å². The molecule has 0 bridgehead atoms. The third-order valence-electron chi connectivity index (χ3n) is 4.97. The van der Waals surface area contributed by atoms with Crippen molar-refractivity contribution < 1.29 is 28.5 Å². The highest BCUT2D eigenvalue weighted by molar-refractivity contribution is 5.89. The fraction of sp³-hybridized carbons (Fsp3) is 0.207. The van der Waals surface area contributed by atoms with Crippen LogP contribution < -0.4 is 24.4 Å². The summed E-state index contributed by atoms with van der Waals surface area (Å²) in [5.41, 5.74) is 3.93. The van der Waals surface area contributed by atoms with Crippen molar-refractivity contribution in [1.29, 1.82) is 0 Å². The van der Waals surface area contributed by atoms with Crippen LogP contribution in [-0.2, 0) is 9.59 Å². The lowest BCUT2D eigenvalue weighted by Gasteiger charge is -2.09. The Hall–Kier alpha value is -4.59. The van der Waals surface area contributed by atoms with Crippen LogP contribution in [0.3, 0.4) is 0 Å². The predicted octanol–water partition coefficient (Wildman–Crippen LogP) is 5.02. The summed E-state index contributed by atoms with van der Waals surface area (Å²) in [5.74, 6) is 0.977. The van der Waals surface area contributed by atoms with Gasteiger partial charge in [0.1, 0.15) is 11.5 Å². The van der Waals surface area contributed by atoms with E-state index in [2.05, 4.69) is 17.5 Å². The molecule has 8 heteroatoms. The number of esters is 1. The van der Waals surface area contributed by atoms with Crippen LogP contribution in [0.1, 0.15) is 30.9 Å². The SMILES string of the molecule is CCCCOc1ccc(OCC(=O)N/N=C/c2ccc(OC(=O)/C=C/c3ccccc3)c(OC)c2)cc1. The Balaban J connectivity index is 1.46. The first-order valence-electron chi connectivity index (χ1n) is 11.9. The number of rotatable bonds is 13. The summed E-state index contributed by atoms with van der Waals surface area (Å²) in [6.45, 7) is 2.58. The van der Waals surface area contributed by atoms with Crippen molar-refractivity contribution in [3.8, 4) is 23.0 Å². The van der Waals surface area contributed by atoms with Crippen molar-refractivity contribution in [2.45, 2.75) is 19.8 Å². The summed E-state index contributed by atoms with van der Waals surface area (Å²) in [6, 6.07) is 21.4. The second-order valence-electron chi connectivity index (χ2n) is 7.83. The Morgan fingerprint density at radius 3 is 2.32 bits per heavy atom. The van der Waals surface area contributed by atoms with Crippen molar-refractivity contribution in [1.82, 2.24) is 5.43 Å². The maximum absolute atomic E-state index is 12.2. The lowest BCUT2D eigenvalue weighted by atomic mass is 10.2. The van der Waals surface area contributed by atoms with Gasteiger partial charge in [-0.15, -0.1) is 0 Å². The van der Waals surface area contributed by atoms with E-state index in [1.165, 1.54) is 19.4 Å². The minimum atomic E-state index is -0.533. The second-order valence-corrected chi connectivity index (χ2v) is 7.83. The molecule has 1 N–H and O–H groups in total. The Morgan fingerprint density at radius 2 is 1.62 bits per heavy atom. The van der Waals surface area contributed by atoms with Crippen LogP contribution in [0.2, 0.25) is 0 Å². The molecule has 0 unspecified atom stereocenters. The molecule has 3 aromatic rings. The van der Waals surface area contributed by atoms with Gasteiger partial charge in [-0.3, -0.25) is 4.79 Å². The van der Waals surface area contributed by atoms with E-state index in [1.807, 2.05) is 30.3 Å². The molecule has 37 heavy (non-hydrogen) atoms. The zero-order valence-corrected chi connectivity index (χ0v) is 20.9. The fourth-order valence-corrected chi connectivity index (χ4v) is 3.05. The van der Waals surface area contributed by atoms with E-state index < -0.39 is 11.9 Å². The standard InChI is InChI=1S/C29H30N2O6/c1-3-4-18-35-24-12-14-25(15-13-24)36-21-28(32)31-30-20-23-10-16-26(27(19-23)34-2)37-29(33)17-11-22-8-6-5-7-9-22/h5-17,19-20H,3-4,18,21H2,1-2H3,(H,31,32)/b17-11+,30-20+. The van der Waals surface area contributed by atoms with E-state index in [0.29, 0.717) is 23.7 Å². The quantitative estimate of drug-likeness (QED) is 0.0881. The molecule has 1 amide bonds. The first-order valence-corrected chi connectivity index (χ1v) is 11.9. The summed E-state index contributed by atoms with van der Waals surface area (Å²) in [6.07, 6.45) is 6.53. The highest BCUT2D eigenvalue weighted by Crippen LogP contribution is 2.28. The zero-order valence-electron chi connectivity index (χ0n) is 20.9. The van der Waals surface area contributed by atoms with Crippen molar-refractivity contribution in [3.05, 3.63) is 90.0 Å². The van der Waals surface area contributed by atoms with Gasteiger partial charge < -0.3 is 18.9 Å². The molecule has 3 aromatic carbocycles. The van der Waals surface area contributed by atoms with Crippen molar-refractivity contribution in [2.75, 3.05) is 20.3 Å². The van der Waals surface area contributed by atoms with Gasteiger partial charge in [-0.1, -0.05) is 43.7 Å². The molecule has 0 fully saturated rings. The average Bonchev–Trinajstić information content (AvgIpc) is 2.93. The Kier molecular flexibility index (Phi) is 10.7. The lowest BCUT2D eigenvalue weighted by molar-refractivity contribution is -0.129. The summed E-state index contributed by atoms with van der Waals surface area (Å²) in [7, 11) is 1.47. The van der Waals surface area contributed by atoms with Crippen LogP contribution in [0.4, 0.5) is 0 Å². The third-order valence-corrected chi connectivity index (χ3v) is 4.97. The minimum Gasteiger partial charge on any atom is -0.494 e. The van der Waals surface area contributed by atoms with Crippen LogP contribution in [0.25, 0.3) is 6.08 Å². The number of carbonyl (C=O) groups is 2. The van der Waals surface area contributed by atoms with Gasteiger partial charge >= 0.3 is 5.97 Å². The number of ether oxygens (including phenoxy) is 4. The topological polar surface area (TPSA) is 95.5 Å². The molecule has 0 atom stereocenters. The normalized spacial score (nSPS) is 10.9. The number of hydrogen-bond donors (Lipinski definition) is 1. The van der Waals surface area contributed by atoms with Crippen LogP contribution in [-0.4, -0.2) is 38.4 Å². The van der Waals surface area contributed by atoms with Crippen LogP contribution in [0, 0.1) is 0 Å². The van der Waals surface area contributed by atoms with Gasteiger partial charge in [0.25, 0.3) is 5.91 Å². The summed E-state index contributed by atoms with van der Waals surface area (Å²) in [4.78, 5) is 24.2. The smallest absolute Gasteiger partial charge is 0.336 e. The van der Waals surface area contributed by atoms with Gasteiger partial charge in [0.2, 0.25) is 0 Å². The van der Waals surface area contributed by atoms with Gasteiger partial charge in [0.15, 0.2) is 18.1 Å². The minimum absolute atomic E-state index is 0.192. The van der Waals surface area contributed by atoms with E-state index in [0.717, 1.165) is 24.2 Å². The molecule has 0 heterocycles. The number of unbranched alkanes of at least 4 members (excludes halogenated alkanes) is 1. The number of methoxy groups -OCH3 is 1. The van der Waals surface area contributed by atoms with Crippen LogP contribution in [0.15, 0.2) is 84.0 Å². The molecule has 3 rings (SSSR count). The van der Waals surface area contributed by atoms with Crippen molar-refractivity contribution >= 4 is 24.2 Å². The van der Waals surface area contributed by atoms with Crippen LogP contribution >= 0.6 is 0 Å². The van der Waals surface area contributed by atoms with Gasteiger partial charge in [-0.2, -0.15) is 5.10 Å². The third kappa shape index (κ3) is 9.52. The average molecular weight is 503 g/mol. The van der Waals surface area contributed by atoms with Gasteiger partial charge in [0, 0.05) is 6.08 Å². The highest BCUT2D eigenvalue weighted by Gasteiger charge is 2.09. The molecule has 0 radical (unpaired) electrons. The van der Waals surface area contributed by atoms with E-state index in [-0.39, 0.29) is 12.4 Å². The molecular formula is C29H30N2O6. The Morgan fingerprint density at radius 1 is 0.892 bits per heavy atom. The Bertz CT molecular complexity index is 1210. The number of benzene rings is 3. The van der Waals surface area contributed by atoms with Crippen molar-refractivity contribution in [2.24, 2.45) is 5.10 Å². The van der Waals surface area contributed by atoms with Crippen molar-refractivity contribution in [3.63, 3.8) is 0 Å². The van der Waals surface area contributed by atoms with E-state index in [1.54, 1.807) is 48.5 Å². The largest absolute Gasteiger partial charge is 0.494 e. The maximum atomic E-state index is 12.2. The molecule has 0 aromatic heterocycles. The van der Waals surface area contributed by atoms with E-state index in [4.69, 9.17) is 18.9 Å². The molecular weight excluding hydrogens is 472 g/mol. The first kappa shape index (κ1) is 27.0. The van der Waals surface area contributed by atoms with Crippen LogP contribution in [0.5, 0.6) is 23.0 Å². The predicted molar refractivity (Wildman–Crippen MR) is 142 cm³/mol. The molecule has 0 saturated carbocycles. The molecule has 0 aliphatic carbocycles. The Labute approximate surface area is 216 Å². The molecule has 0 aliphatic rings.